The zero-order valence-electron chi connectivity index (χ0n) is 13.7. The van der Waals surface area contributed by atoms with Crippen LogP contribution in [0, 0.1) is 6.92 Å². The fourth-order valence-corrected chi connectivity index (χ4v) is 4.37. The van der Waals surface area contributed by atoms with E-state index in [1.807, 2.05) is 6.92 Å². The molecule has 0 aliphatic heterocycles. The molecule has 2 aromatic carbocycles. The van der Waals surface area contributed by atoms with Crippen LogP contribution in [0.2, 0.25) is 10.0 Å². The summed E-state index contributed by atoms with van der Waals surface area (Å²) in [5.41, 5.74) is 1.55. The molecule has 0 atom stereocenters. The molecule has 0 fully saturated rings. The van der Waals surface area contributed by atoms with Gasteiger partial charge in [-0.25, -0.2) is 0 Å². The third kappa shape index (κ3) is 4.75. The van der Waals surface area contributed by atoms with E-state index in [1.165, 1.54) is 18.2 Å². The first kappa shape index (κ1) is 19.6. The van der Waals surface area contributed by atoms with Crippen molar-refractivity contribution in [3.8, 4) is 0 Å². The van der Waals surface area contributed by atoms with Crippen molar-refractivity contribution in [3.63, 3.8) is 0 Å². The van der Waals surface area contributed by atoms with Gasteiger partial charge in [-0.3, -0.25) is 14.8 Å². The van der Waals surface area contributed by atoms with Crippen LogP contribution in [0.15, 0.2) is 46.8 Å². The molecule has 3 aromatic rings. The van der Waals surface area contributed by atoms with Crippen LogP contribution in [0.3, 0.4) is 0 Å². The monoisotopic (exact) mass is 442 g/mol. The SMILES string of the molecule is Cc1ccc(C(=O)Nc2nnc(S(=O)(=O)Nc3cc(Cl)ccc3Cl)s2)cc1. The van der Waals surface area contributed by atoms with E-state index in [1.54, 1.807) is 24.3 Å². The van der Waals surface area contributed by atoms with Crippen molar-refractivity contribution in [1.29, 1.82) is 0 Å². The van der Waals surface area contributed by atoms with Gasteiger partial charge in [-0.15, -0.1) is 10.2 Å². The number of rotatable bonds is 5. The number of aryl methyl sites for hydroxylation is 1. The maximum atomic E-state index is 12.5. The van der Waals surface area contributed by atoms with E-state index in [0.717, 1.165) is 5.56 Å². The van der Waals surface area contributed by atoms with Crippen molar-refractivity contribution in [2.75, 3.05) is 10.0 Å². The van der Waals surface area contributed by atoms with Crippen molar-refractivity contribution in [3.05, 3.63) is 63.6 Å². The molecule has 1 heterocycles. The van der Waals surface area contributed by atoms with Gasteiger partial charge in [-0.05, 0) is 37.3 Å². The topological polar surface area (TPSA) is 101 Å². The van der Waals surface area contributed by atoms with Crippen molar-refractivity contribution in [1.82, 2.24) is 10.2 Å². The van der Waals surface area contributed by atoms with Crippen molar-refractivity contribution in [2.45, 2.75) is 11.3 Å². The van der Waals surface area contributed by atoms with Gasteiger partial charge in [-0.2, -0.15) is 8.42 Å². The summed E-state index contributed by atoms with van der Waals surface area (Å²) in [5.74, 6) is -0.416. The Kier molecular flexibility index (Phi) is 5.66. The van der Waals surface area contributed by atoms with Crippen LogP contribution in [0.5, 0.6) is 0 Å². The molecule has 0 aliphatic rings. The Morgan fingerprint density at radius 1 is 1.07 bits per heavy atom. The highest BCUT2D eigenvalue weighted by atomic mass is 35.5. The molecule has 0 aliphatic carbocycles. The zero-order valence-corrected chi connectivity index (χ0v) is 16.9. The van der Waals surface area contributed by atoms with Gasteiger partial charge in [0.2, 0.25) is 5.13 Å². The van der Waals surface area contributed by atoms with E-state index in [0.29, 0.717) is 21.9 Å². The maximum Gasteiger partial charge on any atom is 0.291 e. The van der Waals surface area contributed by atoms with E-state index in [9.17, 15) is 13.2 Å². The molecule has 0 radical (unpaired) electrons. The van der Waals surface area contributed by atoms with Crippen LogP contribution < -0.4 is 10.0 Å². The summed E-state index contributed by atoms with van der Waals surface area (Å²) >= 11 is 12.5. The molecule has 140 valence electrons. The Labute approximate surface area is 169 Å². The number of anilines is 2. The second-order valence-corrected chi connectivity index (χ2v) is 9.10. The van der Waals surface area contributed by atoms with Crippen molar-refractivity contribution in [2.24, 2.45) is 0 Å². The van der Waals surface area contributed by atoms with Crippen LogP contribution in [-0.4, -0.2) is 24.5 Å². The van der Waals surface area contributed by atoms with Gasteiger partial charge in [0, 0.05) is 10.6 Å². The minimum Gasteiger partial charge on any atom is -0.296 e. The third-order valence-corrected chi connectivity index (χ3v) is 6.48. The Morgan fingerprint density at radius 3 is 2.48 bits per heavy atom. The molecular formula is C16H12Cl2N4O3S2. The first-order valence-electron chi connectivity index (χ1n) is 7.44. The lowest BCUT2D eigenvalue weighted by Crippen LogP contribution is -2.13. The average molecular weight is 443 g/mol. The normalized spacial score (nSPS) is 11.2. The largest absolute Gasteiger partial charge is 0.296 e. The number of sulfonamides is 1. The fourth-order valence-electron chi connectivity index (χ4n) is 2.01. The lowest BCUT2D eigenvalue weighted by Gasteiger charge is -2.07. The second kappa shape index (κ2) is 7.81. The van der Waals surface area contributed by atoms with E-state index >= 15 is 0 Å². The molecule has 3 rings (SSSR count). The number of hydrogen-bond acceptors (Lipinski definition) is 6. The van der Waals surface area contributed by atoms with Crippen LogP contribution in [-0.2, 0) is 10.0 Å². The molecule has 0 unspecified atom stereocenters. The van der Waals surface area contributed by atoms with Crippen LogP contribution in [0.25, 0.3) is 0 Å². The fraction of sp³-hybridized carbons (Fsp3) is 0.0625. The number of carbonyl (C=O) groups is 1. The van der Waals surface area contributed by atoms with Crippen LogP contribution in [0.4, 0.5) is 10.8 Å². The first-order chi connectivity index (χ1) is 12.7. The lowest BCUT2D eigenvalue weighted by molar-refractivity contribution is 0.102. The van der Waals surface area contributed by atoms with Crippen LogP contribution in [0.1, 0.15) is 15.9 Å². The van der Waals surface area contributed by atoms with E-state index in [-0.39, 0.29) is 20.2 Å². The number of carbonyl (C=O) groups excluding carboxylic acids is 1. The summed E-state index contributed by atoms with van der Waals surface area (Å²) in [4.78, 5) is 12.2. The number of amides is 1. The summed E-state index contributed by atoms with van der Waals surface area (Å²) in [6, 6.07) is 11.3. The Hall–Kier alpha value is -2.20. The number of aromatic nitrogens is 2. The molecule has 1 amide bonds. The zero-order chi connectivity index (χ0) is 19.6. The minimum absolute atomic E-state index is 0.0538. The predicted octanol–water partition coefficient (Wildman–Crippen LogP) is 4.21. The smallest absolute Gasteiger partial charge is 0.291 e. The van der Waals surface area contributed by atoms with Crippen molar-refractivity contribution < 1.29 is 13.2 Å². The molecule has 0 saturated carbocycles. The van der Waals surface area contributed by atoms with Gasteiger partial charge in [0.05, 0.1) is 10.7 Å². The molecular weight excluding hydrogens is 431 g/mol. The van der Waals surface area contributed by atoms with E-state index in [2.05, 4.69) is 20.2 Å². The highest BCUT2D eigenvalue weighted by molar-refractivity contribution is 7.94. The van der Waals surface area contributed by atoms with Crippen molar-refractivity contribution >= 4 is 61.3 Å². The second-order valence-electron chi connectivity index (χ2n) is 5.42. The van der Waals surface area contributed by atoms with E-state index < -0.39 is 15.9 Å². The highest BCUT2D eigenvalue weighted by Crippen LogP contribution is 2.29. The molecule has 11 heteroatoms. The first-order valence-corrected chi connectivity index (χ1v) is 10.5. The lowest BCUT2D eigenvalue weighted by atomic mass is 10.1. The highest BCUT2D eigenvalue weighted by Gasteiger charge is 2.22. The van der Waals surface area contributed by atoms with Gasteiger partial charge in [0.15, 0.2) is 0 Å². The summed E-state index contributed by atoms with van der Waals surface area (Å²) in [7, 11) is -4.04. The third-order valence-electron chi connectivity index (χ3n) is 3.34. The van der Waals surface area contributed by atoms with Gasteiger partial charge in [0.25, 0.3) is 20.3 Å². The number of halogens is 2. The molecule has 0 bridgehead atoms. The summed E-state index contributed by atoms with van der Waals surface area (Å²) in [6.45, 7) is 1.91. The van der Waals surface area contributed by atoms with Gasteiger partial charge in [-0.1, -0.05) is 52.2 Å². The standard InChI is InChI=1S/C16H12Cl2N4O3S2/c1-9-2-4-10(5-3-9)14(23)19-15-20-21-16(26-15)27(24,25)22-13-8-11(17)6-7-12(13)18/h2-8,22H,1H3,(H,19,20,23). The number of nitrogens with one attached hydrogen (secondary N) is 2. The number of nitrogens with zero attached hydrogens (tertiary/aromatic N) is 2. The molecule has 1 aromatic heterocycles. The summed E-state index contributed by atoms with van der Waals surface area (Å²) < 4.78 is 26.9. The van der Waals surface area contributed by atoms with Gasteiger partial charge < -0.3 is 0 Å². The Morgan fingerprint density at radius 2 is 1.78 bits per heavy atom. The van der Waals surface area contributed by atoms with Gasteiger partial charge >= 0.3 is 0 Å². The quantitative estimate of drug-likeness (QED) is 0.576. The van der Waals surface area contributed by atoms with Crippen LogP contribution >= 0.6 is 34.5 Å². The molecule has 7 nitrogen and oxygen atoms in total. The minimum atomic E-state index is -4.04. The number of benzene rings is 2. The predicted molar refractivity (Wildman–Crippen MR) is 106 cm³/mol. The molecule has 27 heavy (non-hydrogen) atoms. The van der Waals surface area contributed by atoms with E-state index in [4.69, 9.17) is 23.2 Å². The number of hydrogen-bond donors (Lipinski definition) is 2. The maximum absolute atomic E-state index is 12.5. The molecule has 0 saturated heterocycles. The molecule has 0 spiro atoms. The molecule has 2 N–H and O–H groups in total. The summed E-state index contributed by atoms with van der Waals surface area (Å²) in [6.07, 6.45) is 0. The Balaban J connectivity index is 1.77. The summed E-state index contributed by atoms with van der Waals surface area (Å²) in [5, 5.41) is 10.4. The Bertz CT molecular complexity index is 1100. The van der Waals surface area contributed by atoms with Gasteiger partial charge in [0.1, 0.15) is 0 Å². The average Bonchev–Trinajstić information content (AvgIpc) is 3.08.